The Morgan fingerprint density at radius 3 is 2.50 bits per heavy atom. The normalized spacial score (nSPS) is 10.4. The van der Waals surface area contributed by atoms with E-state index in [2.05, 4.69) is 5.10 Å². The number of benzene rings is 1. The Labute approximate surface area is 82.6 Å². The first-order valence-electron chi connectivity index (χ1n) is 4.51. The van der Waals surface area contributed by atoms with Crippen molar-refractivity contribution >= 4 is 0 Å². The highest BCUT2D eigenvalue weighted by Crippen LogP contribution is 2.09. The van der Waals surface area contributed by atoms with Gasteiger partial charge < -0.3 is 5.11 Å². The zero-order chi connectivity index (χ0) is 9.97. The fourth-order valence-electron chi connectivity index (χ4n) is 1.31. The van der Waals surface area contributed by atoms with Gasteiger partial charge in [-0.1, -0.05) is 12.1 Å². The molecule has 0 saturated carbocycles. The molecule has 72 valence electrons. The summed E-state index contributed by atoms with van der Waals surface area (Å²) in [6.45, 7) is 2.09. The fourth-order valence-corrected chi connectivity index (χ4v) is 1.31. The van der Waals surface area contributed by atoms with Crippen LogP contribution in [0.4, 0.5) is 0 Å². The summed E-state index contributed by atoms with van der Waals surface area (Å²) in [5.74, 6) is 0. The van der Waals surface area contributed by atoms with E-state index in [1.165, 1.54) is 0 Å². The highest BCUT2D eigenvalue weighted by molar-refractivity contribution is 5.34. The molecule has 0 aliphatic rings. The Hall–Kier alpha value is -1.61. The monoisotopic (exact) mass is 188 g/mol. The third-order valence-electron chi connectivity index (χ3n) is 2.10. The summed E-state index contributed by atoms with van der Waals surface area (Å²) in [5.41, 5.74) is 3.06. The minimum atomic E-state index is 0.0818. The minimum Gasteiger partial charge on any atom is -0.392 e. The molecule has 0 radical (unpaired) electrons. The molecule has 0 spiro atoms. The van der Waals surface area contributed by atoms with Gasteiger partial charge in [-0.05, 0) is 30.2 Å². The average Bonchev–Trinajstić information content (AvgIpc) is 2.65. The number of aromatic nitrogens is 2. The van der Waals surface area contributed by atoms with Crippen LogP contribution < -0.4 is 0 Å². The Morgan fingerprint density at radius 1 is 1.29 bits per heavy atom. The van der Waals surface area contributed by atoms with Gasteiger partial charge in [0.2, 0.25) is 0 Å². The van der Waals surface area contributed by atoms with Crippen molar-refractivity contribution in [3.05, 3.63) is 47.8 Å². The van der Waals surface area contributed by atoms with Crippen molar-refractivity contribution in [1.82, 2.24) is 9.78 Å². The first-order valence-corrected chi connectivity index (χ1v) is 4.51. The standard InChI is InChI=1S/C11H12N2O/c1-9-6-12-13(7-9)11-4-2-10(8-14)3-5-11/h2-7,14H,8H2,1H3. The Morgan fingerprint density at radius 2 is 2.00 bits per heavy atom. The first-order chi connectivity index (χ1) is 6.79. The molecule has 0 bridgehead atoms. The molecule has 14 heavy (non-hydrogen) atoms. The molecular weight excluding hydrogens is 176 g/mol. The van der Waals surface area contributed by atoms with Crippen molar-refractivity contribution in [3.8, 4) is 5.69 Å². The van der Waals surface area contributed by atoms with Crippen LogP contribution in [0.15, 0.2) is 36.7 Å². The molecule has 3 nitrogen and oxygen atoms in total. The van der Waals surface area contributed by atoms with Crippen LogP contribution >= 0.6 is 0 Å². The second-order valence-corrected chi connectivity index (χ2v) is 3.29. The van der Waals surface area contributed by atoms with Crippen LogP contribution in [0.3, 0.4) is 0 Å². The number of aryl methyl sites for hydroxylation is 1. The van der Waals surface area contributed by atoms with E-state index in [-0.39, 0.29) is 6.61 Å². The second-order valence-electron chi connectivity index (χ2n) is 3.29. The largest absolute Gasteiger partial charge is 0.392 e. The Balaban J connectivity index is 2.33. The molecule has 1 heterocycles. The Kier molecular flexibility index (Phi) is 2.33. The zero-order valence-corrected chi connectivity index (χ0v) is 8.01. The van der Waals surface area contributed by atoms with Crippen molar-refractivity contribution in [2.75, 3.05) is 0 Å². The molecule has 0 amide bonds. The number of aliphatic hydroxyl groups excluding tert-OH is 1. The molecule has 2 aromatic rings. The van der Waals surface area contributed by atoms with Gasteiger partial charge >= 0.3 is 0 Å². The van der Waals surface area contributed by atoms with E-state index in [1.807, 2.05) is 48.3 Å². The molecule has 0 unspecified atom stereocenters. The molecule has 0 saturated heterocycles. The summed E-state index contributed by atoms with van der Waals surface area (Å²) in [6, 6.07) is 7.68. The molecule has 1 aromatic carbocycles. The number of hydrogen-bond donors (Lipinski definition) is 1. The molecule has 0 aliphatic carbocycles. The number of aliphatic hydroxyl groups is 1. The minimum absolute atomic E-state index is 0.0818. The van der Waals surface area contributed by atoms with Gasteiger partial charge in [0.15, 0.2) is 0 Å². The summed E-state index contributed by atoms with van der Waals surface area (Å²) in [6.07, 6.45) is 3.79. The first kappa shape index (κ1) is 8.97. The lowest BCUT2D eigenvalue weighted by Crippen LogP contribution is -1.94. The van der Waals surface area contributed by atoms with Gasteiger partial charge in [-0.15, -0.1) is 0 Å². The van der Waals surface area contributed by atoms with Gasteiger partial charge in [-0.25, -0.2) is 4.68 Å². The van der Waals surface area contributed by atoms with E-state index in [4.69, 9.17) is 5.11 Å². The quantitative estimate of drug-likeness (QED) is 0.778. The molecule has 1 N–H and O–H groups in total. The van der Waals surface area contributed by atoms with Crippen molar-refractivity contribution in [2.45, 2.75) is 13.5 Å². The summed E-state index contributed by atoms with van der Waals surface area (Å²) in [7, 11) is 0. The van der Waals surface area contributed by atoms with E-state index in [1.54, 1.807) is 0 Å². The zero-order valence-electron chi connectivity index (χ0n) is 8.01. The van der Waals surface area contributed by atoms with E-state index < -0.39 is 0 Å². The van der Waals surface area contributed by atoms with Gasteiger partial charge in [0.05, 0.1) is 18.5 Å². The van der Waals surface area contributed by atoms with E-state index in [0.29, 0.717) is 0 Å². The molecule has 3 heteroatoms. The lowest BCUT2D eigenvalue weighted by Gasteiger charge is -2.01. The number of nitrogens with zero attached hydrogens (tertiary/aromatic N) is 2. The molecule has 0 fully saturated rings. The van der Waals surface area contributed by atoms with Crippen molar-refractivity contribution < 1.29 is 5.11 Å². The van der Waals surface area contributed by atoms with Crippen LogP contribution in [0.2, 0.25) is 0 Å². The predicted octanol–water partition coefficient (Wildman–Crippen LogP) is 1.67. The lowest BCUT2D eigenvalue weighted by atomic mass is 10.2. The summed E-state index contributed by atoms with van der Waals surface area (Å²) in [5, 5.41) is 13.1. The highest BCUT2D eigenvalue weighted by atomic mass is 16.3. The number of rotatable bonds is 2. The highest BCUT2D eigenvalue weighted by Gasteiger charge is 1.97. The van der Waals surface area contributed by atoms with Gasteiger partial charge in [0.25, 0.3) is 0 Å². The molecule has 0 atom stereocenters. The van der Waals surface area contributed by atoms with E-state index in [9.17, 15) is 0 Å². The molecule has 2 rings (SSSR count). The van der Waals surface area contributed by atoms with Gasteiger partial charge in [0.1, 0.15) is 0 Å². The Bertz CT molecular complexity index is 417. The average molecular weight is 188 g/mol. The van der Waals surface area contributed by atoms with Crippen LogP contribution in [-0.4, -0.2) is 14.9 Å². The lowest BCUT2D eigenvalue weighted by molar-refractivity contribution is 0.282. The maximum absolute atomic E-state index is 8.88. The van der Waals surface area contributed by atoms with Crippen LogP contribution in [0, 0.1) is 6.92 Å². The van der Waals surface area contributed by atoms with Crippen LogP contribution in [0.1, 0.15) is 11.1 Å². The van der Waals surface area contributed by atoms with Crippen LogP contribution in [0.25, 0.3) is 5.69 Å². The topological polar surface area (TPSA) is 38.0 Å². The fraction of sp³-hybridized carbons (Fsp3) is 0.182. The van der Waals surface area contributed by atoms with Gasteiger partial charge in [-0.3, -0.25) is 0 Å². The summed E-state index contributed by atoms with van der Waals surface area (Å²) in [4.78, 5) is 0. The predicted molar refractivity (Wildman–Crippen MR) is 54.2 cm³/mol. The molecule has 1 aromatic heterocycles. The van der Waals surface area contributed by atoms with E-state index in [0.717, 1.165) is 16.8 Å². The van der Waals surface area contributed by atoms with Gasteiger partial charge in [-0.2, -0.15) is 5.10 Å². The summed E-state index contributed by atoms with van der Waals surface area (Å²) < 4.78 is 1.82. The smallest absolute Gasteiger partial charge is 0.0681 e. The van der Waals surface area contributed by atoms with Crippen molar-refractivity contribution in [2.24, 2.45) is 0 Å². The third kappa shape index (κ3) is 1.67. The van der Waals surface area contributed by atoms with Crippen LogP contribution in [-0.2, 0) is 6.61 Å². The summed E-state index contributed by atoms with van der Waals surface area (Å²) >= 11 is 0. The maximum atomic E-state index is 8.88. The third-order valence-corrected chi connectivity index (χ3v) is 2.10. The SMILES string of the molecule is Cc1cnn(-c2ccc(CO)cc2)c1. The van der Waals surface area contributed by atoms with E-state index >= 15 is 0 Å². The molecular formula is C11H12N2O. The van der Waals surface area contributed by atoms with Gasteiger partial charge in [0, 0.05) is 6.20 Å². The van der Waals surface area contributed by atoms with Crippen LogP contribution in [0.5, 0.6) is 0 Å². The maximum Gasteiger partial charge on any atom is 0.0681 e. The van der Waals surface area contributed by atoms with Crippen molar-refractivity contribution in [3.63, 3.8) is 0 Å². The molecule has 0 aliphatic heterocycles. The number of hydrogen-bond acceptors (Lipinski definition) is 2. The van der Waals surface area contributed by atoms with Crippen molar-refractivity contribution in [1.29, 1.82) is 0 Å². The second kappa shape index (κ2) is 3.64.